The van der Waals surface area contributed by atoms with Gasteiger partial charge in [-0.2, -0.15) is 0 Å². The van der Waals surface area contributed by atoms with Gasteiger partial charge in [0.15, 0.2) is 0 Å². The molecule has 1 aliphatic heterocycles. The quantitative estimate of drug-likeness (QED) is 0.613. The van der Waals surface area contributed by atoms with Gasteiger partial charge in [0.25, 0.3) is 0 Å². The normalized spacial score (nSPS) is 23.3. The first-order chi connectivity index (χ1) is 7.32. The average Bonchev–Trinajstić information content (AvgIpc) is 2.34. The van der Waals surface area contributed by atoms with E-state index in [2.05, 4.69) is 3.07 Å². The fraction of sp³-hybridized carbons (Fsp3) is 0.222. The van der Waals surface area contributed by atoms with Gasteiger partial charge in [-0.1, -0.05) is 0 Å². The Morgan fingerprint density at radius 3 is 2.69 bits per heavy atom. The van der Waals surface area contributed by atoms with Gasteiger partial charge in [0, 0.05) is 0 Å². The van der Waals surface area contributed by atoms with Gasteiger partial charge in [0.1, 0.15) is 0 Å². The number of benzene rings is 1. The van der Waals surface area contributed by atoms with Crippen LogP contribution in [0.1, 0.15) is 10.4 Å². The van der Waals surface area contributed by atoms with Crippen molar-refractivity contribution in [3.63, 3.8) is 0 Å². The fourth-order valence-electron chi connectivity index (χ4n) is 1.38. The van der Waals surface area contributed by atoms with E-state index in [9.17, 15) is 11.7 Å². The number of halogens is 1. The van der Waals surface area contributed by atoms with Gasteiger partial charge in [-0.25, -0.2) is 0 Å². The summed E-state index contributed by atoms with van der Waals surface area (Å²) in [5.74, 6) is -0.798. The molecule has 0 amide bonds. The minimum absolute atomic E-state index is 0.0146. The molecule has 0 aromatic heterocycles. The number of fused-ring (bicyclic) bond motifs is 1. The first-order valence-corrected chi connectivity index (χ1v) is 10.9. The van der Waals surface area contributed by atoms with Crippen LogP contribution in [-0.4, -0.2) is 21.9 Å². The number of carbonyl (C=O) groups is 1. The maximum absolute atomic E-state index is 12.4. The van der Waals surface area contributed by atoms with E-state index in [4.69, 9.17) is 2.51 Å². The Kier molecular flexibility index (Phi) is 2.70. The molecular weight excluding hydrogens is 347 g/mol. The molecule has 0 bridgehead atoms. The molecular formula is C9H11IO5S. The topological polar surface area (TPSA) is 78.8 Å². The molecule has 0 atom stereocenters. The van der Waals surface area contributed by atoms with Crippen LogP contribution >= 0.6 is 18.7 Å². The zero-order valence-corrected chi connectivity index (χ0v) is 11.6. The molecule has 1 N–H and O–H groups in total. The minimum atomic E-state index is -5.87. The van der Waals surface area contributed by atoms with Crippen molar-refractivity contribution in [1.82, 2.24) is 0 Å². The van der Waals surface area contributed by atoms with Crippen LogP contribution in [0.3, 0.4) is 0 Å². The van der Waals surface area contributed by atoms with Crippen LogP contribution in [0.4, 0.5) is 0 Å². The monoisotopic (exact) mass is 358 g/mol. The first-order valence-electron chi connectivity index (χ1n) is 4.29. The average molecular weight is 358 g/mol. The van der Waals surface area contributed by atoms with E-state index in [0.29, 0.717) is 0 Å². The zero-order chi connectivity index (χ0) is 12.0. The Morgan fingerprint density at radius 2 is 2.06 bits per heavy atom. The molecule has 0 spiro atoms. The summed E-state index contributed by atoms with van der Waals surface area (Å²) >= 11 is -6.63. The molecule has 7 heteroatoms. The van der Waals surface area contributed by atoms with Crippen LogP contribution in [-0.2, 0) is 16.8 Å². The first kappa shape index (κ1) is 12.1. The van der Waals surface area contributed by atoms with Crippen molar-refractivity contribution >= 4 is 35.9 Å². The van der Waals surface area contributed by atoms with E-state index >= 15 is 0 Å². The molecule has 0 radical (unpaired) electrons. The summed E-state index contributed by atoms with van der Waals surface area (Å²) in [6.45, 7) is 0. The Labute approximate surface area is 98.8 Å². The van der Waals surface area contributed by atoms with E-state index in [-0.39, 0.29) is 9.13 Å². The van der Waals surface area contributed by atoms with Crippen LogP contribution in [0.25, 0.3) is 0 Å². The van der Waals surface area contributed by atoms with Gasteiger partial charge < -0.3 is 0 Å². The molecule has 0 saturated heterocycles. The van der Waals surface area contributed by atoms with E-state index in [1.807, 2.05) is 0 Å². The van der Waals surface area contributed by atoms with Crippen molar-refractivity contribution in [3.8, 4) is 0 Å². The maximum atomic E-state index is 12.4. The van der Waals surface area contributed by atoms with Crippen molar-refractivity contribution in [2.24, 2.45) is 0 Å². The summed E-state index contributed by atoms with van der Waals surface area (Å²) in [5, 5.41) is 0. The van der Waals surface area contributed by atoms with Crippen molar-refractivity contribution < 1.29 is 17.2 Å². The van der Waals surface area contributed by atoms with Gasteiger partial charge in [0.2, 0.25) is 0 Å². The Bertz CT molecular complexity index is 459. The number of carbonyl (C=O) groups excluding carboxylic acids is 1. The standard InChI is InChI=1S/C9H11IO5S/c1-16(2)15-10(12,13)8-6-4-3-5-7(8)9(11)14-10/h3-6,12H,1-2H3. The SMILES string of the molecule is C[S+](C)OI1([O-])(O)OC(=O)c2ccccc21. The van der Waals surface area contributed by atoms with Crippen LogP contribution in [0.15, 0.2) is 24.3 Å². The molecule has 1 aliphatic rings. The summed E-state index contributed by atoms with van der Waals surface area (Å²) in [6, 6.07) is 6.03. The summed E-state index contributed by atoms with van der Waals surface area (Å²) in [5.41, 5.74) is 0.111. The van der Waals surface area contributed by atoms with E-state index in [1.54, 1.807) is 24.6 Å². The number of hydrogen-bond acceptors (Lipinski definition) is 5. The summed E-state index contributed by atoms with van der Waals surface area (Å²) < 4.78 is 32.2. The molecule has 16 heavy (non-hydrogen) atoms. The third kappa shape index (κ3) is 1.82. The second-order valence-electron chi connectivity index (χ2n) is 3.36. The molecule has 5 nitrogen and oxygen atoms in total. The third-order valence-electron chi connectivity index (χ3n) is 1.88. The fourth-order valence-corrected chi connectivity index (χ4v) is 9.88. The second kappa shape index (κ2) is 3.57. The van der Waals surface area contributed by atoms with Crippen LogP contribution in [0, 0.1) is 3.57 Å². The van der Waals surface area contributed by atoms with Crippen LogP contribution in [0.5, 0.6) is 0 Å². The van der Waals surface area contributed by atoms with Crippen LogP contribution in [0.2, 0.25) is 0 Å². The van der Waals surface area contributed by atoms with Crippen LogP contribution < -0.4 is 3.44 Å². The number of hydrogen-bond donors (Lipinski definition) is 1. The Balaban J connectivity index is 2.58. The van der Waals surface area contributed by atoms with Gasteiger partial charge in [-0.05, 0) is 0 Å². The second-order valence-corrected chi connectivity index (χ2v) is 11.7. The van der Waals surface area contributed by atoms with Crippen molar-refractivity contribution in [2.45, 2.75) is 0 Å². The number of rotatable bonds is 2. The summed E-state index contributed by atoms with van der Waals surface area (Å²) in [6.07, 6.45) is 3.27. The molecule has 0 saturated carbocycles. The predicted octanol–water partition coefficient (Wildman–Crippen LogP) is 0.426. The third-order valence-corrected chi connectivity index (χ3v) is 10.5. The van der Waals surface area contributed by atoms with Gasteiger partial charge >= 0.3 is 99.0 Å². The van der Waals surface area contributed by atoms with Crippen molar-refractivity contribution in [3.05, 3.63) is 33.4 Å². The Morgan fingerprint density at radius 1 is 1.44 bits per heavy atom. The molecule has 90 valence electrons. The molecule has 1 aromatic carbocycles. The van der Waals surface area contributed by atoms with Gasteiger partial charge in [0.05, 0.1) is 0 Å². The molecule has 0 aliphatic carbocycles. The van der Waals surface area contributed by atoms with E-state index in [0.717, 1.165) is 0 Å². The zero-order valence-electron chi connectivity index (χ0n) is 8.68. The van der Waals surface area contributed by atoms with Gasteiger partial charge in [-0.3, -0.25) is 0 Å². The van der Waals surface area contributed by atoms with E-state index < -0.39 is 35.9 Å². The van der Waals surface area contributed by atoms with Crippen molar-refractivity contribution in [1.29, 1.82) is 0 Å². The molecule has 2 rings (SSSR count). The molecule has 0 fully saturated rings. The molecule has 0 unspecified atom stereocenters. The summed E-state index contributed by atoms with van der Waals surface area (Å²) in [7, 11) is 0. The molecule has 1 heterocycles. The van der Waals surface area contributed by atoms with Gasteiger partial charge in [-0.15, -0.1) is 0 Å². The predicted molar refractivity (Wildman–Crippen MR) is 67.1 cm³/mol. The molecule has 1 aromatic rings. The Hall–Kier alpha value is -0.350. The van der Waals surface area contributed by atoms with Crippen molar-refractivity contribution in [2.75, 3.05) is 12.5 Å². The van der Waals surface area contributed by atoms with E-state index in [1.165, 1.54) is 12.1 Å². The summed E-state index contributed by atoms with van der Waals surface area (Å²) in [4.78, 5) is 11.5.